The van der Waals surface area contributed by atoms with Crippen molar-refractivity contribution >= 4 is 29.9 Å². The minimum Gasteiger partial charge on any atom is -0.497 e. The van der Waals surface area contributed by atoms with E-state index in [9.17, 15) is 0 Å². The summed E-state index contributed by atoms with van der Waals surface area (Å²) in [6.45, 7) is 3.46. The molecule has 1 aromatic carbocycles. The van der Waals surface area contributed by atoms with E-state index in [1.807, 2.05) is 36.2 Å². The molecule has 0 saturated carbocycles. The molecule has 1 aliphatic heterocycles. The SMILES string of the molecule is CN=C(NCC1(OC)CCOCC1)N(C)CCOc1ccc(OC)cc1.I. The Hall–Kier alpha value is -1.26. The second-order valence-corrected chi connectivity index (χ2v) is 6.35. The highest BCUT2D eigenvalue weighted by Gasteiger charge is 2.32. The summed E-state index contributed by atoms with van der Waals surface area (Å²) in [6, 6.07) is 7.58. The zero-order valence-corrected chi connectivity index (χ0v) is 19.0. The molecule has 0 aromatic heterocycles. The lowest BCUT2D eigenvalue weighted by Crippen LogP contribution is -2.51. The van der Waals surface area contributed by atoms with Crippen molar-refractivity contribution < 1.29 is 18.9 Å². The van der Waals surface area contributed by atoms with Crippen LogP contribution >= 0.6 is 24.0 Å². The van der Waals surface area contributed by atoms with E-state index in [1.165, 1.54) is 0 Å². The Balaban J connectivity index is 0.00000364. The Morgan fingerprint density at radius 2 is 1.81 bits per heavy atom. The molecule has 1 N–H and O–H groups in total. The van der Waals surface area contributed by atoms with Crippen LogP contribution in [0, 0.1) is 0 Å². The maximum Gasteiger partial charge on any atom is 0.193 e. The number of benzene rings is 1. The van der Waals surface area contributed by atoms with E-state index in [0.29, 0.717) is 13.2 Å². The predicted octanol–water partition coefficient (Wildman–Crippen LogP) is 2.39. The van der Waals surface area contributed by atoms with Crippen molar-refractivity contribution in [1.82, 2.24) is 10.2 Å². The predicted molar refractivity (Wildman–Crippen MR) is 118 cm³/mol. The zero-order chi connectivity index (χ0) is 18.8. The summed E-state index contributed by atoms with van der Waals surface area (Å²) < 4.78 is 22.1. The lowest BCUT2D eigenvalue weighted by Gasteiger charge is -2.37. The summed E-state index contributed by atoms with van der Waals surface area (Å²) in [5.74, 6) is 2.47. The molecule has 27 heavy (non-hydrogen) atoms. The summed E-state index contributed by atoms with van der Waals surface area (Å²) in [4.78, 5) is 6.41. The topological polar surface area (TPSA) is 64.6 Å². The fourth-order valence-corrected chi connectivity index (χ4v) is 2.90. The summed E-state index contributed by atoms with van der Waals surface area (Å²) >= 11 is 0. The minimum absolute atomic E-state index is 0. The molecule has 2 rings (SSSR count). The van der Waals surface area contributed by atoms with Gasteiger partial charge in [-0.2, -0.15) is 0 Å². The van der Waals surface area contributed by atoms with E-state index in [1.54, 1.807) is 21.3 Å². The van der Waals surface area contributed by atoms with Crippen LogP contribution in [-0.4, -0.2) is 77.7 Å². The van der Waals surface area contributed by atoms with E-state index in [2.05, 4.69) is 10.3 Å². The van der Waals surface area contributed by atoms with Gasteiger partial charge in [0.1, 0.15) is 18.1 Å². The molecule has 1 fully saturated rings. The first-order valence-corrected chi connectivity index (χ1v) is 8.94. The number of aliphatic imine (C=N–C) groups is 1. The number of likely N-dealkylation sites (N-methyl/N-ethyl adjacent to an activating group) is 1. The molecule has 0 unspecified atom stereocenters. The van der Waals surface area contributed by atoms with Gasteiger partial charge in [-0.1, -0.05) is 0 Å². The summed E-state index contributed by atoms with van der Waals surface area (Å²) in [7, 11) is 7.20. The smallest absolute Gasteiger partial charge is 0.193 e. The van der Waals surface area contributed by atoms with Gasteiger partial charge in [-0.15, -0.1) is 24.0 Å². The maximum absolute atomic E-state index is 5.79. The fourth-order valence-electron chi connectivity index (χ4n) is 2.90. The molecule has 1 aliphatic rings. The Kier molecular flexibility index (Phi) is 10.8. The second-order valence-electron chi connectivity index (χ2n) is 6.35. The molecule has 0 atom stereocenters. The summed E-state index contributed by atoms with van der Waals surface area (Å²) in [6.07, 6.45) is 1.77. The zero-order valence-electron chi connectivity index (χ0n) is 16.7. The van der Waals surface area contributed by atoms with Gasteiger partial charge in [0.05, 0.1) is 19.3 Å². The molecule has 0 aliphatic carbocycles. The standard InChI is InChI=1S/C19H31N3O4.HI/c1-20-18(21-15-19(24-4)9-12-25-13-10-19)22(2)11-14-26-17-7-5-16(23-3)6-8-17;/h5-8H,9-15H2,1-4H3,(H,20,21);1H. The van der Waals surface area contributed by atoms with Crippen LogP contribution in [-0.2, 0) is 9.47 Å². The van der Waals surface area contributed by atoms with Gasteiger partial charge in [0.15, 0.2) is 5.96 Å². The van der Waals surface area contributed by atoms with Gasteiger partial charge in [-0.05, 0) is 24.3 Å². The molecule has 1 aromatic rings. The van der Waals surface area contributed by atoms with Crippen molar-refractivity contribution in [2.75, 3.05) is 61.2 Å². The third-order valence-corrected chi connectivity index (χ3v) is 4.73. The number of ether oxygens (including phenoxy) is 4. The normalized spacial score (nSPS) is 16.2. The van der Waals surface area contributed by atoms with Crippen molar-refractivity contribution in [1.29, 1.82) is 0 Å². The number of nitrogens with zero attached hydrogens (tertiary/aromatic N) is 2. The lowest BCUT2D eigenvalue weighted by atomic mass is 9.94. The number of hydrogen-bond acceptors (Lipinski definition) is 5. The average Bonchev–Trinajstić information content (AvgIpc) is 2.69. The lowest BCUT2D eigenvalue weighted by molar-refractivity contribution is -0.0857. The minimum atomic E-state index is -0.186. The van der Waals surface area contributed by atoms with Gasteiger partial charge < -0.3 is 29.2 Å². The third kappa shape index (κ3) is 7.34. The Morgan fingerprint density at radius 1 is 1.19 bits per heavy atom. The van der Waals surface area contributed by atoms with E-state index in [0.717, 1.165) is 50.1 Å². The number of halogens is 1. The maximum atomic E-state index is 5.79. The van der Waals surface area contributed by atoms with Gasteiger partial charge >= 0.3 is 0 Å². The number of nitrogens with one attached hydrogen (secondary N) is 1. The molecule has 7 nitrogen and oxygen atoms in total. The van der Waals surface area contributed by atoms with Crippen LogP contribution in [0.1, 0.15) is 12.8 Å². The molecule has 0 radical (unpaired) electrons. The third-order valence-electron chi connectivity index (χ3n) is 4.73. The first-order chi connectivity index (χ1) is 12.6. The van der Waals surface area contributed by atoms with Gasteiger partial charge in [0.25, 0.3) is 0 Å². The molecule has 1 heterocycles. The summed E-state index contributed by atoms with van der Waals surface area (Å²) in [5, 5.41) is 3.42. The van der Waals surface area contributed by atoms with Crippen LogP contribution in [0.5, 0.6) is 11.5 Å². The van der Waals surface area contributed by atoms with Gasteiger partial charge in [-0.25, -0.2) is 0 Å². The van der Waals surface area contributed by atoms with Crippen LogP contribution in [0.4, 0.5) is 0 Å². The Morgan fingerprint density at radius 3 is 2.37 bits per heavy atom. The monoisotopic (exact) mass is 493 g/mol. The highest BCUT2D eigenvalue weighted by molar-refractivity contribution is 14.0. The van der Waals surface area contributed by atoms with Gasteiger partial charge in [0.2, 0.25) is 0 Å². The number of guanidine groups is 1. The van der Waals surface area contributed by atoms with Crippen molar-refractivity contribution in [3.63, 3.8) is 0 Å². The van der Waals surface area contributed by atoms with Crippen LogP contribution < -0.4 is 14.8 Å². The van der Waals surface area contributed by atoms with Crippen molar-refractivity contribution in [3.8, 4) is 11.5 Å². The van der Waals surface area contributed by atoms with Crippen LogP contribution in [0.2, 0.25) is 0 Å². The van der Waals surface area contributed by atoms with Crippen molar-refractivity contribution in [2.45, 2.75) is 18.4 Å². The van der Waals surface area contributed by atoms with Crippen LogP contribution in [0.3, 0.4) is 0 Å². The number of rotatable bonds is 8. The van der Waals surface area contributed by atoms with E-state index >= 15 is 0 Å². The van der Waals surface area contributed by atoms with Crippen molar-refractivity contribution in [2.24, 2.45) is 4.99 Å². The largest absolute Gasteiger partial charge is 0.497 e. The molecule has 0 spiro atoms. The van der Waals surface area contributed by atoms with E-state index in [4.69, 9.17) is 18.9 Å². The summed E-state index contributed by atoms with van der Waals surface area (Å²) in [5.41, 5.74) is -0.186. The first kappa shape index (κ1) is 23.8. The van der Waals surface area contributed by atoms with Gasteiger partial charge in [-0.3, -0.25) is 4.99 Å². The Labute approximate surface area is 179 Å². The molecule has 1 saturated heterocycles. The first-order valence-electron chi connectivity index (χ1n) is 8.94. The molecule has 0 bridgehead atoms. The highest BCUT2D eigenvalue weighted by atomic mass is 127. The Bertz CT molecular complexity index is 563. The van der Waals surface area contributed by atoms with E-state index < -0.39 is 0 Å². The molecular formula is C19H32IN3O4. The quantitative estimate of drug-likeness (QED) is 0.341. The van der Waals surface area contributed by atoms with Crippen LogP contribution in [0.15, 0.2) is 29.3 Å². The molecule has 0 amide bonds. The molecule has 154 valence electrons. The fraction of sp³-hybridized carbons (Fsp3) is 0.632. The second kappa shape index (κ2) is 12.2. The molecule has 8 heteroatoms. The average molecular weight is 493 g/mol. The highest BCUT2D eigenvalue weighted by Crippen LogP contribution is 2.23. The number of hydrogen-bond donors (Lipinski definition) is 1. The van der Waals surface area contributed by atoms with Crippen LogP contribution in [0.25, 0.3) is 0 Å². The van der Waals surface area contributed by atoms with E-state index in [-0.39, 0.29) is 29.6 Å². The van der Waals surface area contributed by atoms with Crippen molar-refractivity contribution in [3.05, 3.63) is 24.3 Å². The number of methoxy groups -OCH3 is 2. The molecular weight excluding hydrogens is 461 g/mol. The van der Waals surface area contributed by atoms with Gasteiger partial charge in [0, 0.05) is 53.8 Å².